The Morgan fingerprint density at radius 2 is 1.64 bits per heavy atom. The molecule has 5 nitrogen and oxygen atoms in total. The van der Waals surface area contributed by atoms with Crippen LogP contribution < -0.4 is 10.6 Å². The Kier molecular flexibility index (Phi) is 4.20. The Bertz CT molecular complexity index is 731. The van der Waals surface area contributed by atoms with Crippen LogP contribution in [0.2, 0.25) is 0 Å². The van der Waals surface area contributed by atoms with E-state index in [1.165, 1.54) is 18.5 Å². The molecule has 0 spiro atoms. The lowest BCUT2D eigenvalue weighted by molar-refractivity contribution is 0.628. The van der Waals surface area contributed by atoms with Crippen LogP contribution in [-0.2, 0) is 6.54 Å². The number of nitrogens with zero attached hydrogens (tertiary/aromatic N) is 3. The molecule has 0 amide bonds. The standard InChI is InChI=1S/C16H14FN5/c17-13-1-3-14(4-2-13)22-16-9-15(20-11-21-16)19-10-12-5-7-18-8-6-12/h1-9,11H,10H2,(H2,19,20,21,22). The van der Waals surface area contributed by atoms with Crippen LogP contribution in [-0.4, -0.2) is 15.0 Å². The minimum absolute atomic E-state index is 0.270. The molecule has 0 aliphatic heterocycles. The van der Waals surface area contributed by atoms with Gasteiger partial charge in [0.15, 0.2) is 0 Å². The van der Waals surface area contributed by atoms with Gasteiger partial charge >= 0.3 is 0 Å². The van der Waals surface area contributed by atoms with Crippen molar-refractivity contribution in [2.45, 2.75) is 6.54 Å². The van der Waals surface area contributed by atoms with E-state index in [0.29, 0.717) is 18.2 Å². The number of rotatable bonds is 5. The zero-order chi connectivity index (χ0) is 15.2. The van der Waals surface area contributed by atoms with Gasteiger partial charge in [0.1, 0.15) is 23.8 Å². The molecule has 0 fully saturated rings. The summed E-state index contributed by atoms with van der Waals surface area (Å²) < 4.78 is 12.9. The predicted octanol–water partition coefficient (Wildman–Crippen LogP) is 3.37. The molecule has 0 bridgehead atoms. The molecule has 0 radical (unpaired) electrons. The molecule has 6 heteroatoms. The number of anilines is 3. The van der Waals surface area contributed by atoms with E-state index in [-0.39, 0.29) is 5.82 Å². The van der Waals surface area contributed by atoms with E-state index in [2.05, 4.69) is 25.6 Å². The van der Waals surface area contributed by atoms with Gasteiger partial charge in [-0.1, -0.05) is 0 Å². The first-order chi connectivity index (χ1) is 10.8. The van der Waals surface area contributed by atoms with E-state index < -0.39 is 0 Å². The number of aromatic nitrogens is 3. The number of halogens is 1. The molecule has 3 rings (SSSR count). The Morgan fingerprint density at radius 1 is 0.909 bits per heavy atom. The highest BCUT2D eigenvalue weighted by molar-refractivity contribution is 5.58. The van der Waals surface area contributed by atoms with Crippen molar-refractivity contribution in [1.82, 2.24) is 15.0 Å². The van der Waals surface area contributed by atoms with Crippen LogP contribution in [0.5, 0.6) is 0 Å². The molecular formula is C16H14FN5. The van der Waals surface area contributed by atoms with Gasteiger partial charge in [-0.25, -0.2) is 14.4 Å². The molecule has 2 N–H and O–H groups in total. The summed E-state index contributed by atoms with van der Waals surface area (Å²) in [5.74, 6) is 1.07. The number of benzene rings is 1. The smallest absolute Gasteiger partial charge is 0.135 e. The minimum Gasteiger partial charge on any atom is -0.366 e. The molecule has 0 unspecified atom stereocenters. The van der Waals surface area contributed by atoms with Crippen LogP contribution in [0.25, 0.3) is 0 Å². The van der Waals surface area contributed by atoms with Gasteiger partial charge in [0.25, 0.3) is 0 Å². The lowest BCUT2D eigenvalue weighted by Crippen LogP contribution is -2.03. The SMILES string of the molecule is Fc1ccc(Nc2cc(NCc3ccncc3)ncn2)cc1. The van der Waals surface area contributed by atoms with E-state index in [1.807, 2.05) is 12.1 Å². The van der Waals surface area contributed by atoms with E-state index in [0.717, 1.165) is 11.3 Å². The number of hydrogen-bond donors (Lipinski definition) is 2. The van der Waals surface area contributed by atoms with Crippen molar-refractivity contribution in [2.75, 3.05) is 10.6 Å². The number of pyridine rings is 1. The Morgan fingerprint density at radius 3 is 2.41 bits per heavy atom. The third-order valence-corrected chi connectivity index (χ3v) is 3.01. The van der Waals surface area contributed by atoms with Gasteiger partial charge in [0.05, 0.1) is 0 Å². The maximum Gasteiger partial charge on any atom is 0.135 e. The van der Waals surface area contributed by atoms with Crippen LogP contribution in [0.15, 0.2) is 61.2 Å². The van der Waals surface area contributed by atoms with E-state index in [4.69, 9.17) is 0 Å². The lowest BCUT2D eigenvalue weighted by Gasteiger charge is -2.08. The number of hydrogen-bond acceptors (Lipinski definition) is 5. The van der Waals surface area contributed by atoms with Gasteiger partial charge in [-0.05, 0) is 42.0 Å². The van der Waals surface area contributed by atoms with Gasteiger partial charge in [0.2, 0.25) is 0 Å². The fourth-order valence-electron chi connectivity index (χ4n) is 1.90. The van der Waals surface area contributed by atoms with Crippen molar-refractivity contribution in [1.29, 1.82) is 0 Å². The topological polar surface area (TPSA) is 62.7 Å². The van der Waals surface area contributed by atoms with Crippen molar-refractivity contribution in [2.24, 2.45) is 0 Å². The van der Waals surface area contributed by atoms with Crippen LogP contribution in [0.4, 0.5) is 21.7 Å². The van der Waals surface area contributed by atoms with Crippen LogP contribution in [0.1, 0.15) is 5.56 Å². The molecular weight excluding hydrogens is 281 g/mol. The molecule has 3 aromatic rings. The summed E-state index contributed by atoms with van der Waals surface area (Å²) in [6.07, 6.45) is 4.97. The largest absolute Gasteiger partial charge is 0.366 e. The summed E-state index contributed by atoms with van der Waals surface area (Å²) in [5, 5.41) is 6.32. The Hall–Kier alpha value is -3.02. The molecule has 0 atom stereocenters. The maximum absolute atomic E-state index is 12.9. The maximum atomic E-state index is 12.9. The van der Waals surface area contributed by atoms with Crippen LogP contribution in [0, 0.1) is 5.82 Å². The summed E-state index contributed by atoms with van der Waals surface area (Å²) >= 11 is 0. The lowest BCUT2D eigenvalue weighted by atomic mass is 10.3. The summed E-state index contributed by atoms with van der Waals surface area (Å²) in [6, 6.07) is 11.8. The molecule has 0 saturated heterocycles. The summed E-state index contributed by atoms with van der Waals surface area (Å²) in [4.78, 5) is 12.3. The quantitative estimate of drug-likeness (QED) is 0.755. The fraction of sp³-hybridized carbons (Fsp3) is 0.0625. The Balaban J connectivity index is 1.66. The summed E-state index contributed by atoms with van der Waals surface area (Å²) in [6.45, 7) is 0.648. The molecule has 0 aliphatic carbocycles. The molecule has 0 saturated carbocycles. The predicted molar refractivity (Wildman–Crippen MR) is 83.3 cm³/mol. The van der Waals surface area contributed by atoms with Crippen LogP contribution >= 0.6 is 0 Å². The van der Waals surface area contributed by atoms with Gasteiger partial charge in [-0.3, -0.25) is 4.98 Å². The molecule has 110 valence electrons. The normalized spacial score (nSPS) is 10.2. The van der Waals surface area contributed by atoms with E-state index in [9.17, 15) is 4.39 Å². The molecule has 0 aliphatic rings. The first kappa shape index (κ1) is 13.9. The van der Waals surface area contributed by atoms with Crippen molar-refractivity contribution in [3.05, 3.63) is 72.6 Å². The van der Waals surface area contributed by atoms with Gasteiger partial charge in [-0.15, -0.1) is 0 Å². The van der Waals surface area contributed by atoms with Crippen molar-refractivity contribution >= 4 is 17.3 Å². The third-order valence-electron chi connectivity index (χ3n) is 3.01. The van der Waals surface area contributed by atoms with Crippen LogP contribution in [0.3, 0.4) is 0 Å². The van der Waals surface area contributed by atoms with Crippen molar-refractivity contribution < 1.29 is 4.39 Å². The highest BCUT2D eigenvalue weighted by Crippen LogP contribution is 2.16. The fourth-order valence-corrected chi connectivity index (χ4v) is 1.90. The first-order valence-corrected chi connectivity index (χ1v) is 6.77. The van der Waals surface area contributed by atoms with Crippen molar-refractivity contribution in [3.63, 3.8) is 0 Å². The second-order valence-corrected chi connectivity index (χ2v) is 4.63. The second-order valence-electron chi connectivity index (χ2n) is 4.63. The first-order valence-electron chi connectivity index (χ1n) is 6.77. The van der Waals surface area contributed by atoms with Crippen molar-refractivity contribution in [3.8, 4) is 0 Å². The minimum atomic E-state index is -0.270. The van der Waals surface area contributed by atoms with Gasteiger partial charge in [0, 0.05) is 30.7 Å². The highest BCUT2D eigenvalue weighted by Gasteiger charge is 2.00. The molecule has 1 aromatic carbocycles. The third kappa shape index (κ3) is 3.76. The number of nitrogens with one attached hydrogen (secondary N) is 2. The molecule has 22 heavy (non-hydrogen) atoms. The summed E-state index contributed by atoms with van der Waals surface area (Å²) in [7, 11) is 0. The second kappa shape index (κ2) is 6.62. The average molecular weight is 295 g/mol. The monoisotopic (exact) mass is 295 g/mol. The van der Waals surface area contributed by atoms with Gasteiger partial charge in [-0.2, -0.15) is 0 Å². The van der Waals surface area contributed by atoms with E-state index >= 15 is 0 Å². The average Bonchev–Trinajstić information content (AvgIpc) is 2.57. The van der Waals surface area contributed by atoms with Gasteiger partial charge < -0.3 is 10.6 Å². The highest BCUT2D eigenvalue weighted by atomic mass is 19.1. The Labute approximate surface area is 127 Å². The molecule has 2 heterocycles. The summed E-state index contributed by atoms with van der Waals surface area (Å²) in [5.41, 5.74) is 1.88. The molecule has 2 aromatic heterocycles. The zero-order valence-corrected chi connectivity index (χ0v) is 11.7. The zero-order valence-electron chi connectivity index (χ0n) is 11.7. The van der Waals surface area contributed by atoms with E-state index in [1.54, 1.807) is 30.6 Å².